The quantitative estimate of drug-likeness (QED) is 0.0421. The molecule has 0 rings (SSSR count). The molecule has 0 aliphatic carbocycles. The number of carbonyl (C=O) groups excluding carboxylic acids is 1. The smallest absolute Gasteiger partial charge is 0.220 e. The molecule has 0 aliphatic rings. The van der Waals surface area contributed by atoms with Crippen molar-refractivity contribution in [2.45, 2.75) is 321 Å². The first-order valence-electron chi connectivity index (χ1n) is 28.9. The molecule has 0 aliphatic heterocycles. The van der Waals surface area contributed by atoms with Gasteiger partial charge in [0.2, 0.25) is 5.91 Å². The third-order valence-electron chi connectivity index (χ3n) is 13.3. The molecule has 0 fully saturated rings. The molecular weight excluding hydrogens is 783 g/mol. The topological polar surface area (TPSA) is 69.6 Å². The third kappa shape index (κ3) is 51.3. The van der Waals surface area contributed by atoms with Crippen LogP contribution in [0.15, 0.2) is 48.6 Å². The Hall–Kier alpha value is -1.65. The largest absolute Gasteiger partial charge is 0.394 e. The van der Waals surface area contributed by atoms with E-state index < -0.39 is 12.1 Å². The van der Waals surface area contributed by atoms with Crippen molar-refractivity contribution < 1.29 is 15.0 Å². The fourth-order valence-corrected chi connectivity index (χ4v) is 8.89. The average molecular weight is 897 g/mol. The summed E-state index contributed by atoms with van der Waals surface area (Å²) in [6.07, 6.45) is 77.1. The lowest BCUT2D eigenvalue weighted by molar-refractivity contribution is -0.123. The molecule has 0 aromatic rings. The zero-order valence-corrected chi connectivity index (χ0v) is 43.3. The van der Waals surface area contributed by atoms with Crippen molar-refractivity contribution in [3.8, 4) is 0 Å². The van der Waals surface area contributed by atoms with Crippen LogP contribution in [0.2, 0.25) is 0 Å². The summed E-state index contributed by atoms with van der Waals surface area (Å²) in [4.78, 5) is 12.5. The van der Waals surface area contributed by atoms with E-state index in [0.29, 0.717) is 6.42 Å². The average Bonchev–Trinajstić information content (AvgIpc) is 3.30. The fraction of sp³-hybridized carbons (Fsp3) is 0.850. The van der Waals surface area contributed by atoms with E-state index in [2.05, 4.69) is 55.6 Å². The minimum Gasteiger partial charge on any atom is -0.394 e. The van der Waals surface area contributed by atoms with Crippen molar-refractivity contribution >= 4 is 5.91 Å². The summed E-state index contributed by atoms with van der Waals surface area (Å²) in [5.41, 5.74) is 0. The molecule has 376 valence electrons. The van der Waals surface area contributed by atoms with Gasteiger partial charge in [0.15, 0.2) is 0 Å². The molecule has 64 heavy (non-hydrogen) atoms. The zero-order chi connectivity index (χ0) is 46.3. The first kappa shape index (κ1) is 62.4. The highest BCUT2D eigenvalue weighted by Crippen LogP contribution is 2.17. The van der Waals surface area contributed by atoms with Crippen LogP contribution in [-0.2, 0) is 4.79 Å². The van der Waals surface area contributed by atoms with Crippen LogP contribution in [0.5, 0.6) is 0 Å². The summed E-state index contributed by atoms with van der Waals surface area (Å²) in [6.45, 7) is 4.32. The van der Waals surface area contributed by atoms with Gasteiger partial charge in [0.25, 0.3) is 0 Å². The fourth-order valence-electron chi connectivity index (χ4n) is 8.89. The van der Waals surface area contributed by atoms with Gasteiger partial charge in [-0.3, -0.25) is 4.79 Å². The summed E-state index contributed by atoms with van der Waals surface area (Å²) in [5.74, 6) is -0.0597. The number of allylic oxidation sites excluding steroid dienone is 7. The van der Waals surface area contributed by atoms with Crippen molar-refractivity contribution in [1.82, 2.24) is 5.32 Å². The SMILES string of the molecule is CCCCCCC/C=C\C/C=C\C/C=C\CCCCCCCCCCCCCCCCCCCCCCC(=O)NC(CO)C(O)/C=C/CCCCCCCCCCCCCCCCC. The predicted molar refractivity (Wildman–Crippen MR) is 285 cm³/mol. The highest BCUT2D eigenvalue weighted by atomic mass is 16.3. The molecule has 2 unspecified atom stereocenters. The van der Waals surface area contributed by atoms with Gasteiger partial charge in [0, 0.05) is 6.42 Å². The van der Waals surface area contributed by atoms with Crippen LogP contribution in [0, 0.1) is 0 Å². The van der Waals surface area contributed by atoms with E-state index in [0.717, 1.165) is 38.5 Å². The van der Waals surface area contributed by atoms with E-state index in [-0.39, 0.29) is 12.5 Å². The highest BCUT2D eigenvalue weighted by molar-refractivity contribution is 5.76. The highest BCUT2D eigenvalue weighted by Gasteiger charge is 2.18. The summed E-state index contributed by atoms with van der Waals surface area (Å²) < 4.78 is 0. The molecule has 0 heterocycles. The van der Waals surface area contributed by atoms with Gasteiger partial charge >= 0.3 is 0 Å². The van der Waals surface area contributed by atoms with Crippen LogP contribution in [0.1, 0.15) is 309 Å². The summed E-state index contributed by atoms with van der Waals surface area (Å²) in [6, 6.07) is -0.621. The van der Waals surface area contributed by atoms with Crippen molar-refractivity contribution in [2.24, 2.45) is 0 Å². The van der Waals surface area contributed by atoms with Gasteiger partial charge in [-0.1, -0.05) is 294 Å². The van der Waals surface area contributed by atoms with Gasteiger partial charge < -0.3 is 15.5 Å². The molecule has 1 amide bonds. The van der Waals surface area contributed by atoms with Crippen molar-refractivity contribution in [3.63, 3.8) is 0 Å². The van der Waals surface area contributed by atoms with Gasteiger partial charge in [0.05, 0.1) is 18.8 Å². The number of aliphatic hydroxyl groups is 2. The van der Waals surface area contributed by atoms with Crippen LogP contribution < -0.4 is 5.32 Å². The van der Waals surface area contributed by atoms with Crippen LogP contribution in [0.4, 0.5) is 0 Å². The lowest BCUT2D eigenvalue weighted by Gasteiger charge is -2.20. The van der Waals surface area contributed by atoms with Crippen LogP contribution >= 0.6 is 0 Å². The molecule has 4 nitrogen and oxygen atoms in total. The van der Waals surface area contributed by atoms with Crippen molar-refractivity contribution in [3.05, 3.63) is 48.6 Å². The Morgan fingerprint density at radius 3 is 0.953 bits per heavy atom. The molecule has 0 spiro atoms. The van der Waals surface area contributed by atoms with Gasteiger partial charge in [-0.2, -0.15) is 0 Å². The number of amides is 1. The molecule has 4 heteroatoms. The Labute approximate surface area is 401 Å². The molecular formula is C60H113NO3. The molecule has 0 aromatic heterocycles. The summed E-state index contributed by atoms with van der Waals surface area (Å²) >= 11 is 0. The Balaban J connectivity index is 3.44. The standard InChI is InChI=1S/C60H113NO3/c1-3-5-7-9-11-13-15-17-19-21-22-23-24-25-26-27-28-29-30-31-32-33-34-35-36-37-38-40-42-44-46-48-50-52-54-56-60(64)61-58(57-62)59(63)55-53-51-49-47-45-43-41-39-20-18-16-14-12-10-8-6-4-2/h15,17,21-22,24-25,53,55,58-59,62-63H,3-14,16,18-20,23,26-52,54,56-57H2,1-2H3,(H,61,64)/b17-15-,22-21-,25-24-,55-53+. The zero-order valence-electron chi connectivity index (χ0n) is 43.3. The molecule has 3 N–H and O–H groups in total. The maximum Gasteiger partial charge on any atom is 0.220 e. The summed E-state index contributed by atoms with van der Waals surface area (Å²) in [7, 11) is 0. The number of rotatable bonds is 53. The lowest BCUT2D eigenvalue weighted by Crippen LogP contribution is -2.45. The summed E-state index contributed by atoms with van der Waals surface area (Å²) in [5, 5.41) is 23.1. The first-order chi connectivity index (χ1) is 31.7. The molecule has 0 bridgehead atoms. The van der Waals surface area contributed by atoms with Crippen molar-refractivity contribution in [2.75, 3.05) is 6.61 Å². The van der Waals surface area contributed by atoms with Gasteiger partial charge in [-0.05, 0) is 57.8 Å². The van der Waals surface area contributed by atoms with Crippen LogP contribution in [0.25, 0.3) is 0 Å². The Morgan fingerprint density at radius 2 is 0.641 bits per heavy atom. The minimum absolute atomic E-state index is 0.0597. The Morgan fingerprint density at radius 1 is 0.375 bits per heavy atom. The maximum atomic E-state index is 12.5. The van der Waals surface area contributed by atoms with Crippen molar-refractivity contribution in [1.29, 1.82) is 0 Å². The number of aliphatic hydroxyl groups excluding tert-OH is 2. The van der Waals surface area contributed by atoms with E-state index in [4.69, 9.17) is 0 Å². The van der Waals surface area contributed by atoms with E-state index >= 15 is 0 Å². The van der Waals surface area contributed by atoms with E-state index in [1.165, 1.54) is 250 Å². The minimum atomic E-state index is -0.838. The second-order valence-electron chi connectivity index (χ2n) is 19.7. The maximum absolute atomic E-state index is 12.5. The molecule has 0 saturated heterocycles. The monoisotopic (exact) mass is 896 g/mol. The van der Waals surface area contributed by atoms with Crippen LogP contribution in [0.3, 0.4) is 0 Å². The molecule has 0 aromatic carbocycles. The van der Waals surface area contributed by atoms with E-state index in [1.807, 2.05) is 6.08 Å². The lowest BCUT2D eigenvalue weighted by atomic mass is 10.0. The van der Waals surface area contributed by atoms with Crippen LogP contribution in [-0.4, -0.2) is 34.9 Å². The predicted octanol–water partition coefficient (Wildman–Crippen LogP) is 19.0. The second kappa shape index (κ2) is 55.7. The van der Waals surface area contributed by atoms with Gasteiger partial charge in [0.1, 0.15) is 0 Å². The first-order valence-corrected chi connectivity index (χ1v) is 28.9. The van der Waals surface area contributed by atoms with Gasteiger partial charge in [-0.15, -0.1) is 0 Å². The van der Waals surface area contributed by atoms with Gasteiger partial charge in [-0.25, -0.2) is 0 Å². The molecule has 0 saturated carbocycles. The Bertz CT molecular complexity index is 1020. The molecule has 2 atom stereocenters. The molecule has 0 radical (unpaired) electrons. The number of nitrogens with one attached hydrogen (secondary N) is 1. The van der Waals surface area contributed by atoms with E-state index in [1.54, 1.807) is 6.08 Å². The normalized spacial score (nSPS) is 13.1. The number of hydrogen-bond donors (Lipinski definition) is 3. The van der Waals surface area contributed by atoms with E-state index in [9.17, 15) is 15.0 Å². The number of hydrogen-bond acceptors (Lipinski definition) is 3. The Kier molecular flexibility index (Phi) is 54.2. The number of carbonyl (C=O) groups is 1. The second-order valence-corrected chi connectivity index (χ2v) is 19.7. The third-order valence-corrected chi connectivity index (χ3v) is 13.3. The number of unbranched alkanes of at least 4 members (excludes halogenated alkanes) is 40.